The Morgan fingerprint density at radius 1 is 0.821 bits per heavy atom. The number of hydrogen-bond acceptors (Lipinski definition) is 5. The normalized spacial score (nSPS) is 16.3. The quantitative estimate of drug-likeness (QED) is 0.289. The molecule has 7 nitrogen and oxygen atoms in total. The number of fused-ring (bicyclic) bond motifs is 1. The lowest BCUT2D eigenvalue weighted by atomic mass is 9.78. The molecule has 0 fully saturated rings. The molecule has 2 amide bonds. The number of nitrogens with zero attached hydrogens (tertiary/aromatic N) is 1. The fraction of sp³-hybridized carbons (Fsp3) is 0.161. The van der Waals surface area contributed by atoms with Crippen LogP contribution in [0.5, 0.6) is 17.2 Å². The summed E-state index contributed by atoms with van der Waals surface area (Å²) in [6.07, 6.45) is 0. The lowest BCUT2D eigenvalue weighted by Crippen LogP contribution is -2.46. The van der Waals surface area contributed by atoms with Gasteiger partial charge in [-0.25, -0.2) is 0 Å². The predicted octanol–water partition coefficient (Wildman–Crippen LogP) is 6.49. The molecular weight excluding hydrogens is 516 g/mol. The number of hydrogen-bond donors (Lipinski definition) is 1. The van der Waals surface area contributed by atoms with Crippen molar-refractivity contribution in [2.24, 2.45) is 0 Å². The number of amides is 2. The molecule has 0 saturated heterocycles. The van der Waals surface area contributed by atoms with Gasteiger partial charge in [-0.05, 0) is 71.8 Å². The minimum Gasteiger partial charge on any atom is -0.497 e. The van der Waals surface area contributed by atoms with Crippen molar-refractivity contribution in [3.63, 3.8) is 0 Å². The van der Waals surface area contributed by atoms with Crippen molar-refractivity contribution in [1.29, 1.82) is 0 Å². The Morgan fingerprint density at radius 2 is 1.46 bits per heavy atom. The molecule has 4 aromatic carbocycles. The molecule has 0 radical (unpaired) electrons. The van der Waals surface area contributed by atoms with E-state index in [-0.39, 0.29) is 11.8 Å². The Bertz CT molecular complexity index is 1500. The van der Waals surface area contributed by atoms with Gasteiger partial charge in [0.15, 0.2) is 0 Å². The monoisotopic (exact) mass is 542 g/mol. The number of benzene rings is 4. The van der Waals surface area contributed by atoms with E-state index in [1.54, 1.807) is 61.6 Å². The van der Waals surface area contributed by atoms with Crippen LogP contribution in [0.1, 0.15) is 33.4 Å². The Morgan fingerprint density at radius 3 is 2.10 bits per heavy atom. The van der Waals surface area contributed by atoms with Gasteiger partial charge in [-0.3, -0.25) is 14.5 Å². The van der Waals surface area contributed by atoms with Crippen LogP contribution < -0.4 is 24.4 Å². The zero-order valence-corrected chi connectivity index (χ0v) is 22.4. The highest BCUT2D eigenvalue weighted by molar-refractivity contribution is 6.31. The highest BCUT2D eigenvalue weighted by Gasteiger charge is 2.45. The summed E-state index contributed by atoms with van der Waals surface area (Å²) < 4.78 is 16.2. The maximum absolute atomic E-state index is 14.2. The molecule has 1 N–H and O–H groups in total. The molecular formula is C31H27ClN2O5. The van der Waals surface area contributed by atoms with Crippen molar-refractivity contribution in [2.75, 3.05) is 31.5 Å². The summed E-state index contributed by atoms with van der Waals surface area (Å²) in [6, 6.07) is 26.2. The van der Waals surface area contributed by atoms with Crippen molar-refractivity contribution >= 4 is 34.8 Å². The first-order valence-corrected chi connectivity index (χ1v) is 12.7. The number of nitrogens with one attached hydrogen (secondary N) is 1. The first kappa shape index (κ1) is 26.1. The lowest BCUT2D eigenvalue weighted by molar-refractivity contribution is -0.118. The molecule has 0 aliphatic carbocycles. The maximum Gasteiger partial charge on any atom is 0.259 e. The number of rotatable bonds is 7. The molecule has 0 bridgehead atoms. The molecule has 0 aromatic heterocycles. The second-order valence-electron chi connectivity index (χ2n) is 8.99. The first-order valence-electron chi connectivity index (χ1n) is 12.3. The third-order valence-electron chi connectivity index (χ3n) is 6.85. The Labute approximate surface area is 231 Å². The van der Waals surface area contributed by atoms with E-state index in [9.17, 15) is 9.59 Å². The van der Waals surface area contributed by atoms with E-state index in [4.69, 9.17) is 25.8 Å². The van der Waals surface area contributed by atoms with Crippen LogP contribution in [0, 0.1) is 0 Å². The average Bonchev–Trinajstić information content (AvgIpc) is 2.97. The standard InChI is InChI=1S/C31H27ClN2O5/c1-37-22-13-8-19(9-14-22)29-28(30(35)33-26-18-20(32)10-17-27(26)39-3)24-6-4-5-7-25(24)31(36)34(29)21-11-15-23(38-2)16-12-21/h4-18,28-29H,1-3H3,(H,33,35)/t28-,29-/m0/s1. The van der Waals surface area contributed by atoms with Crippen LogP contribution in [0.2, 0.25) is 5.02 Å². The topological polar surface area (TPSA) is 77.1 Å². The summed E-state index contributed by atoms with van der Waals surface area (Å²) in [5.41, 5.74) is 2.93. The summed E-state index contributed by atoms with van der Waals surface area (Å²) in [4.78, 5) is 29.9. The summed E-state index contributed by atoms with van der Waals surface area (Å²) >= 11 is 6.24. The van der Waals surface area contributed by atoms with E-state index in [2.05, 4.69) is 5.32 Å². The number of halogens is 1. The highest BCUT2D eigenvalue weighted by Crippen LogP contribution is 2.46. The smallest absolute Gasteiger partial charge is 0.259 e. The second kappa shape index (κ2) is 11.1. The number of ether oxygens (including phenoxy) is 3. The first-order chi connectivity index (χ1) is 18.9. The molecule has 0 spiro atoms. The van der Waals surface area contributed by atoms with E-state index >= 15 is 0 Å². The molecule has 39 heavy (non-hydrogen) atoms. The van der Waals surface area contributed by atoms with Crippen LogP contribution in [0.3, 0.4) is 0 Å². The van der Waals surface area contributed by atoms with Crippen LogP contribution in [0.15, 0.2) is 91.0 Å². The van der Waals surface area contributed by atoms with Gasteiger partial charge in [0.2, 0.25) is 5.91 Å². The van der Waals surface area contributed by atoms with E-state index in [1.165, 1.54) is 7.11 Å². The van der Waals surface area contributed by atoms with Crippen LogP contribution in [-0.4, -0.2) is 33.1 Å². The van der Waals surface area contributed by atoms with Gasteiger partial charge in [0.1, 0.15) is 17.2 Å². The van der Waals surface area contributed by atoms with Crippen molar-refractivity contribution in [3.8, 4) is 17.2 Å². The van der Waals surface area contributed by atoms with Crippen molar-refractivity contribution in [1.82, 2.24) is 0 Å². The zero-order chi connectivity index (χ0) is 27.5. The third kappa shape index (κ3) is 5.01. The van der Waals surface area contributed by atoms with Gasteiger partial charge in [-0.2, -0.15) is 0 Å². The van der Waals surface area contributed by atoms with Gasteiger partial charge in [0.05, 0.1) is 39.0 Å². The average molecular weight is 543 g/mol. The summed E-state index contributed by atoms with van der Waals surface area (Å²) in [5.74, 6) is 0.517. The molecule has 1 aliphatic heterocycles. The van der Waals surface area contributed by atoms with Gasteiger partial charge in [-0.15, -0.1) is 0 Å². The lowest BCUT2D eigenvalue weighted by Gasteiger charge is -2.42. The summed E-state index contributed by atoms with van der Waals surface area (Å²) in [6.45, 7) is 0. The minimum atomic E-state index is -0.766. The Balaban J connectivity index is 1.69. The molecule has 5 rings (SSSR count). The van der Waals surface area contributed by atoms with Gasteiger partial charge in [0, 0.05) is 16.3 Å². The van der Waals surface area contributed by atoms with E-state index < -0.39 is 12.0 Å². The predicted molar refractivity (Wildman–Crippen MR) is 151 cm³/mol. The van der Waals surface area contributed by atoms with E-state index in [1.807, 2.05) is 48.5 Å². The van der Waals surface area contributed by atoms with Crippen LogP contribution >= 0.6 is 11.6 Å². The van der Waals surface area contributed by atoms with Crippen molar-refractivity contribution < 1.29 is 23.8 Å². The molecule has 8 heteroatoms. The maximum atomic E-state index is 14.2. The number of anilines is 2. The molecule has 2 atom stereocenters. The highest BCUT2D eigenvalue weighted by atomic mass is 35.5. The number of carbonyl (C=O) groups excluding carboxylic acids is 2. The molecule has 1 heterocycles. The van der Waals surface area contributed by atoms with Gasteiger partial charge >= 0.3 is 0 Å². The Kier molecular flexibility index (Phi) is 7.43. The van der Waals surface area contributed by atoms with Gasteiger partial charge in [-0.1, -0.05) is 41.9 Å². The molecule has 198 valence electrons. The molecule has 0 unspecified atom stereocenters. The molecule has 1 aliphatic rings. The fourth-order valence-electron chi connectivity index (χ4n) is 4.97. The largest absolute Gasteiger partial charge is 0.497 e. The zero-order valence-electron chi connectivity index (χ0n) is 21.7. The second-order valence-corrected chi connectivity index (χ2v) is 9.43. The molecule has 0 saturated carbocycles. The molecule has 4 aromatic rings. The number of methoxy groups -OCH3 is 3. The fourth-order valence-corrected chi connectivity index (χ4v) is 5.15. The number of carbonyl (C=O) groups is 2. The van der Waals surface area contributed by atoms with Crippen LogP contribution in [0.25, 0.3) is 0 Å². The van der Waals surface area contributed by atoms with Gasteiger partial charge in [0.25, 0.3) is 5.91 Å². The van der Waals surface area contributed by atoms with E-state index in [0.29, 0.717) is 44.8 Å². The summed E-state index contributed by atoms with van der Waals surface area (Å²) in [7, 11) is 4.70. The van der Waals surface area contributed by atoms with Gasteiger partial charge < -0.3 is 19.5 Å². The SMILES string of the molecule is COc1ccc([C@H]2[C@@H](C(=O)Nc3cc(Cl)ccc3OC)c3ccccc3C(=O)N2c2ccc(OC)cc2)cc1. The van der Waals surface area contributed by atoms with E-state index in [0.717, 1.165) is 5.56 Å². The van der Waals surface area contributed by atoms with Crippen molar-refractivity contribution in [2.45, 2.75) is 12.0 Å². The van der Waals surface area contributed by atoms with Crippen LogP contribution in [0.4, 0.5) is 11.4 Å². The minimum absolute atomic E-state index is 0.207. The van der Waals surface area contributed by atoms with Crippen LogP contribution in [-0.2, 0) is 4.79 Å². The van der Waals surface area contributed by atoms with Crippen molar-refractivity contribution in [3.05, 3.63) is 113 Å². The third-order valence-corrected chi connectivity index (χ3v) is 7.08. The Hall–Kier alpha value is -4.49. The summed E-state index contributed by atoms with van der Waals surface area (Å²) in [5, 5.41) is 3.46.